The molecule has 0 aliphatic heterocycles. The summed E-state index contributed by atoms with van der Waals surface area (Å²) in [5.74, 6) is -0.349. The third-order valence-electron chi connectivity index (χ3n) is 2.43. The molecule has 6 heteroatoms. The van der Waals surface area contributed by atoms with E-state index in [-0.39, 0.29) is 17.7 Å². The number of halogens is 1. The Morgan fingerprint density at radius 2 is 2.47 bits per heavy atom. The van der Waals surface area contributed by atoms with Crippen molar-refractivity contribution in [3.8, 4) is 0 Å². The van der Waals surface area contributed by atoms with Crippen LogP contribution in [0.3, 0.4) is 0 Å². The van der Waals surface area contributed by atoms with Crippen LogP contribution in [0.2, 0.25) is 0 Å². The van der Waals surface area contributed by atoms with Crippen molar-refractivity contribution in [2.24, 2.45) is 11.0 Å². The Hall–Kier alpha value is -1.39. The standard InChI is InChI=1S/C9H7BrN4O/c10-8-2-1-5(4-12-8)6-3-7(6)9(15)13-14-11/h1-2,4,6-7H,3H2/t6-,7+/m1/s1. The summed E-state index contributed by atoms with van der Waals surface area (Å²) in [5, 5.41) is 3.09. The first-order valence-corrected chi connectivity index (χ1v) is 5.22. The van der Waals surface area contributed by atoms with Gasteiger partial charge in [-0.15, -0.1) is 0 Å². The van der Waals surface area contributed by atoms with Crippen LogP contribution in [0, 0.1) is 5.92 Å². The molecule has 0 N–H and O–H groups in total. The van der Waals surface area contributed by atoms with Crippen LogP contribution < -0.4 is 0 Å². The number of nitrogens with zero attached hydrogens (tertiary/aromatic N) is 4. The van der Waals surface area contributed by atoms with Crippen molar-refractivity contribution in [3.05, 3.63) is 38.9 Å². The molecule has 1 saturated carbocycles. The van der Waals surface area contributed by atoms with Gasteiger partial charge >= 0.3 is 0 Å². The SMILES string of the molecule is [N-]=[N+]=NC(=O)[C@H]1C[C@@H]1c1ccc(Br)nc1. The van der Waals surface area contributed by atoms with Crippen molar-refractivity contribution < 1.29 is 4.79 Å². The van der Waals surface area contributed by atoms with Crippen molar-refractivity contribution in [2.75, 3.05) is 0 Å². The smallest absolute Gasteiger partial charge is 0.222 e. The fourth-order valence-corrected chi connectivity index (χ4v) is 1.80. The number of hydrogen-bond donors (Lipinski definition) is 0. The van der Waals surface area contributed by atoms with Crippen molar-refractivity contribution in [1.82, 2.24) is 4.98 Å². The highest BCUT2D eigenvalue weighted by molar-refractivity contribution is 9.10. The molecule has 0 saturated heterocycles. The maximum Gasteiger partial charge on any atom is 0.222 e. The monoisotopic (exact) mass is 266 g/mol. The van der Waals surface area contributed by atoms with E-state index >= 15 is 0 Å². The van der Waals surface area contributed by atoms with Crippen LogP contribution in [0.1, 0.15) is 17.9 Å². The number of hydrogen-bond acceptors (Lipinski definition) is 2. The number of carbonyl (C=O) groups excluding carboxylic acids is 1. The van der Waals surface area contributed by atoms with E-state index in [1.54, 1.807) is 6.20 Å². The number of azide groups is 1. The Balaban J connectivity index is 2.08. The molecule has 1 aliphatic rings. The van der Waals surface area contributed by atoms with Gasteiger partial charge in [-0.25, -0.2) is 4.98 Å². The first kappa shape index (κ1) is 10.1. The molecule has 0 unspecified atom stereocenters. The zero-order valence-corrected chi connectivity index (χ0v) is 9.25. The fourth-order valence-electron chi connectivity index (χ4n) is 1.56. The first-order valence-electron chi connectivity index (χ1n) is 4.43. The van der Waals surface area contributed by atoms with Crippen LogP contribution in [-0.4, -0.2) is 10.9 Å². The summed E-state index contributed by atoms with van der Waals surface area (Å²) in [7, 11) is 0. The summed E-state index contributed by atoms with van der Waals surface area (Å²) in [5.41, 5.74) is 9.14. The van der Waals surface area contributed by atoms with Gasteiger partial charge in [0.2, 0.25) is 5.91 Å². The molecule has 1 aromatic heterocycles. The molecule has 2 atom stereocenters. The van der Waals surface area contributed by atoms with Gasteiger partial charge in [-0.3, -0.25) is 4.79 Å². The average molecular weight is 267 g/mol. The van der Waals surface area contributed by atoms with Gasteiger partial charge in [0, 0.05) is 17.0 Å². The largest absolute Gasteiger partial charge is 0.292 e. The summed E-state index contributed by atoms with van der Waals surface area (Å²) in [6, 6.07) is 3.76. The molecule has 1 aliphatic carbocycles. The Kier molecular flexibility index (Phi) is 2.70. The van der Waals surface area contributed by atoms with Gasteiger partial charge in [-0.05, 0) is 50.5 Å². The Morgan fingerprint density at radius 3 is 3.07 bits per heavy atom. The van der Waals surface area contributed by atoms with E-state index in [0.717, 1.165) is 16.6 Å². The van der Waals surface area contributed by atoms with E-state index < -0.39 is 0 Å². The quantitative estimate of drug-likeness (QED) is 0.357. The van der Waals surface area contributed by atoms with E-state index in [1.165, 1.54) is 0 Å². The van der Waals surface area contributed by atoms with Gasteiger partial charge < -0.3 is 0 Å². The van der Waals surface area contributed by atoms with Crippen molar-refractivity contribution in [2.45, 2.75) is 12.3 Å². The molecular formula is C9H7BrN4O. The van der Waals surface area contributed by atoms with E-state index in [0.29, 0.717) is 0 Å². The van der Waals surface area contributed by atoms with Crippen LogP contribution in [0.15, 0.2) is 28.0 Å². The second-order valence-corrected chi connectivity index (χ2v) is 4.20. The van der Waals surface area contributed by atoms with Crippen LogP contribution in [-0.2, 0) is 4.79 Å². The molecule has 1 fully saturated rings. The predicted octanol–water partition coefficient (Wildman–Crippen LogP) is 2.78. The van der Waals surface area contributed by atoms with Gasteiger partial charge in [0.15, 0.2) is 0 Å². The van der Waals surface area contributed by atoms with E-state index in [4.69, 9.17) is 5.53 Å². The van der Waals surface area contributed by atoms with Gasteiger partial charge in [-0.2, -0.15) is 0 Å². The number of aromatic nitrogens is 1. The number of rotatable bonds is 2. The lowest BCUT2D eigenvalue weighted by atomic mass is 10.1. The van der Waals surface area contributed by atoms with Crippen LogP contribution in [0.25, 0.3) is 10.4 Å². The van der Waals surface area contributed by atoms with Crippen LogP contribution >= 0.6 is 15.9 Å². The zero-order chi connectivity index (χ0) is 10.8. The molecule has 76 valence electrons. The molecule has 1 aromatic rings. The van der Waals surface area contributed by atoms with E-state index in [2.05, 4.69) is 30.9 Å². The Bertz CT molecular complexity index is 438. The zero-order valence-electron chi connectivity index (χ0n) is 7.67. The lowest BCUT2D eigenvalue weighted by Gasteiger charge is -1.97. The maximum atomic E-state index is 11.2. The molecule has 5 nitrogen and oxygen atoms in total. The first-order chi connectivity index (χ1) is 7.22. The lowest BCUT2D eigenvalue weighted by Crippen LogP contribution is -1.96. The summed E-state index contributed by atoms with van der Waals surface area (Å²) in [6.45, 7) is 0. The van der Waals surface area contributed by atoms with Gasteiger partial charge in [-0.1, -0.05) is 6.07 Å². The minimum absolute atomic E-state index is 0.149. The van der Waals surface area contributed by atoms with Crippen LogP contribution in [0.5, 0.6) is 0 Å². The fraction of sp³-hybridized carbons (Fsp3) is 0.333. The molecule has 1 amide bonds. The number of amides is 1. The minimum Gasteiger partial charge on any atom is -0.292 e. The highest BCUT2D eigenvalue weighted by Gasteiger charge is 2.43. The Labute approximate surface area is 94.3 Å². The van der Waals surface area contributed by atoms with Crippen molar-refractivity contribution in [3.63, 3.8) is 0 Å². The van der Waals surface area contributed by atoms with Crippen molar-refractivity contribution >= 4 is 21.8 Å². The normalized spacial score (nSPS) is 23.0. The molecule has 0 spiro atoms. The molecule has 0 aromatic carbocycles. The molecular weight excluding hydrogens is 260 g/mol. The van der Waals surface area contributed by atoms with Crippen molar-refractivity contribution in [1.29, 1.82) is 0 Å². The Morgan fingerprint density at radius 1 is 1.67 bits per heavy atom. The van der Waals surface area contributed by atoms with Gasteiger partial charge in [0.25, 0.3) is 0 Å². The highest BCUT2D eigenvalue weighted by atomic mass is 79.9. The third kappa shape index (κ3) is 2.16. The average Bonchev–Trinajstić information content (AvgIpc) is 2.99. The predicted molar refractivity (Wildman–Crippen MR) is 56.9 cm³/mol. The topological polar surface area (TPSA) is 78.7 Å². The highest BCUT2D eigenvalue weighted by Crippen LogP contribution is 2.48. The summed E-state index contributed by atoms with van der Waals surface area (Å²) < 4.78 is 0.768. The second-order valence-electron chi connectivity index (χ2n) is 3.39. The van der Waals surface area contributed by atoms with E-state index in [9.17, 15) is 4.79 Å². The van der Waals surface area contributed by atoms with Gasteiger partial charge in [0.1, 0.15) is 4.60 Å². The summed E-state index contributed by atoms with van der Waals surface area (Å²) in [4.78, 5) is 17.8. The van der Waals surface area contributed by atoms with Crippen LogP contribution in [0.4, 0.5) is 0 Å². The van der Waals surface area contributed by atoms with E-state index in [1.807, 2.05) is 12.1 Å². The third-order valence-corrected chi connectivity index (χ3v) is 2.90. The molecule has 0 bridgehead atoms. The molecule has 1 heterocycles. The lowest BCUT2D eigenvalue weighted by molar-refractivity contribution is -0.119. The second kappa shape index (κ2) is 4.00. The summed E-state index contributed by atoms with van der Waals surface area (Å²) >= 11 is 3.24. The number of carbonyl (C=O) groups is 1. The number of pyridine rings is 1. The molecule has 15 heavy (non-hydrogen) atoms. The summed E-state index contributed by atoms with van der Waals surface area (Å²) in [6.07, 6.45) is 2.49. The molecule has 2 rings (SSSR count). The maximum absolute atomic E-state index is 11.2. The molecule has 0 radical (unpaired) electrons. The minimum atomic E-state index is -0.370. The van der Waals surface area contributed by atoms with Gasteiger partial charge in [0.05, 0.1) is 0 Å².